The lowest BCUT2D eigenvalue weighted by Gasteiger charge is -2.25. The molecule has 6 nitrogen and oxygen atoms in total. The van der Waals surface area contributed by atoms with Crippen LogP contribution >= 0.6 is 0 Å². The van der Waals surface area contributed by atoms with E-state index in [0.29, 0.717) is 24.3 Å². The monoisotopic (exact) mass is 326 g/mol. The first-order valence-electron chi connectivity index (χ1n) is 7.79. The lowest BCUT2D eigenvalue weighted by Crippen LogP contribution is -2.35. The number of carbonyl (C=O) groups excluding carboxylic acids is 1. The summed E-state index contributed by atoms with van der Waals surface area (Å²) in [7, 11) is 0. The van der Waals surface area contributed by atoms with Gasteiger partial charge in [0, 0.05) is 29.7 Å². The van der Waals surface area contributed by atoms with Gasteiger partial charge in [0.05, 0.1) is 11.5 Å². The summed E-state index contributed by atoms with van der Waals surface area (Å²) in [5, 5.41) is 13.8. The zero-order valence-electron chi connectivity index (χ0n) is 13.3. The van der Waals surface area contributed by atoms with Crippen LogP contribution in [0, 0.1) is 23.0 Å². The van der Waals surface area contributed by atoms with E-state index < -0.39 is 4.92 Å². The molecule has 24 heavy (non-hydrogen) atoms. The van der Waals surface area contributed by atoms with Crippen LogP contribution in [0.25, 0.3) is 0 Å². The van der Waals surface area contributed by atoms with E-state index in [2.05, 4.69) is 5.32 Å². The first-order chi connectivity index (χ1) is 11.6. The number of ether oxygens (including phenoxy) is 1. The van der Waals surface area contributed by atoms with Gasteiger partial charge in [-0.25, -0.2) is 0 Å². The molecule has 0 fully saturated rings. The molecule has 3 rings (SSSR count). The van der Waals surface area contributed by atoms with Gasteiger partial charge in [-0.3, -0.25) is 14.9 Å². The zero-order valence-corrected chi connectivity index (χ0v) is 13.3. The van der Waals surface area contributed by atoms with Crippen molar-refractivity contribution in [3.05, 3.63) is 69.3 Å². The van der Waals surface area contributed by atoms with Crippen molar-refractivity contribution >= 4 is 11.6 Å². The Morgan fingerprint density at radius 3 is 2.88 bits per heavy atom. The summed E-state index contributed by atoms with van der Waals surface area (Å²) in [6, 6.07) is 12.4. The summed E-state index contributed by atoms with van der Waals surface area (Å²) >= 11 is 0. The highest BCUT2D eigenvalue weighted by atomic mass is 16.6. The molecular weight excluding hydrogens is 308 g/mol. The standard InChI is InChI=1S/C18H18N2O4/c1-12-15(6-4-7-16(12)20(22)23)18(21)19-10-13-9-14-5-2-3-8-17(14)24-11-13/h2-8,13H,9-11H2,1H3,(H,19,21). The normalized spacial score (nSPS) is 16.0. The third-order valence-corrected chi connectivity index (χ3v) is 4.25. The molecule has 124 valence electrons. The van der Waals surface area contributed by atoms with Gasteiger partial charge in [0.2, 0.25) is 0 Å². The number of benzene rings is 2. The van der Waals surface area contributed by atoms with Gasteiger partial charge in [-0.2, -0.15) is 0 Å². The number of carbonyl (C=O) groups is 1. The largest absolute Gasteiger partial charge is 0.493 e. The number of rotatable bonds is 4. The minimum Gasteiger partial charge on any atom is -0.493 e. The maximum Gasteiger partial charge on any atom is 0.273 e. The molecule has 1 aliphatic rings. The molecule has 0 saturated heterocycles. The Hall–Kier alpha value is -2.89. The Bertz CT molecular complexity index is 788. The molecule has 2 aromatic rings. The fraction of sp³-hybridized carbons (Fsp3) is 0.278. The van der Waals surface area contributed by atoms with Crippen LogP contribution in [0.1, 0.15) is 21.5 Å². The van der Waals surface area contributed by atoms with E-state index in [1.165, 1.54) is 12.1 Å². The Balaban J connectivity index is 1.65. The van der Waals surface area contributed by atoms with E-state index in [4.69, 9.17) is 4.74 Å². The molecule has 1 amide bonds. The third-order valence-electron chi connectivity index (χ3n) is 4.25. The predicted octanol–water partition coefficient (Wildman–Crippen LogP) is 2.88. The van der Waals surface area contributed by atoms with Crippen molar-refractivity contribution in [2.45, 2.75) is 13.3 Å². The molecule has 1 unspecified atom stereocenters. The Kier molecular flexibility index (Phi) is 4.46. The van der Waals surface area contributed by atoms with Crippen molar-refractivity contribution in [1.82, 2.24) is 5.32 Å². The Morgan fingerprint density at radius 1 is 1.29 bits per heavy atom. The molecule has 0 radical (unpaired) electrons. The molecule has 1 heterocycles. The van der Waals surface area contributed by atoms with Crippen LogP contribution in [0.15, 0.2) is 42.5 Å². The average Bonchev–Trinajstić information content (AvgIpc) is 2.59. The minimum atomic E-state index is -0.474. The molecule has 2 aromatic carbocycles. The van der Waals surface area contributed by atoms with Gasteiger partial charge in [-0.15, -0.1) is 0 Å². The van der Waals surface area contributed by atoms with Crippen molar-refractivity contribution in [2.75, 3.05) is 13.2 Å². The van der Waals surface area contributed by atoms with E-state index in [-0.39, 0.29) is 17.5 Å². The van der Waals surface area contributed by atoms with Crippen LogP contribution in [0.4, 0.5) is 5.69 Å². The molecular formula is C18H18N2O4. The topological polar surface area (TPSA) is 81.5 Å². The Labute approximate surface area is 139 Å². The van der Waals surface area contributed by atoms with Crippen molar-refractivity contribution in [3.8, 4) is 5.75 Å². The summed E-state index contributed by atoms with van der Waals surface area (Å²) in [5.74, 6) is 0.785. The second-order valence-electron chi connectivity index (χ2n) is 5.91. The maximum atomic E-state index is 12.4. The first kappa shape index (κ1) is 16.0. The van der Waals surface area contributed by atoms with Crippen LogP contribution in [0.3, 0.4) is 0 Å². The molecule has 1 N–H and O–H groups in total. The number of nitrogens with one attached hydrogen (secondary N) is 1. The third kappa shape index (κ3) is 3.22. The van der Waals surface area contributed by atoms with Gasteiger partial charge in [0.25, 0.3) is 11.6 Å². The number of nitro groups is 1. The van der Waals surface area contributed by atoms with E-state index in [1.807, 2.05) is 24.3 Å². The van der Waals surface area contributed by atoms with Gasteiger partial charge < -0.3 is 10.1 Å². The number of para-hydroxylation sites is 1. The highest BCUT2D eigenvalue weighted by Crippen LogP contribution is 2.26. The summed E-state index contributed by atoms with van der Waals surface area (Å²) < 4.78 is 5.71. The molecule has 1 aliphatic heterocycles. The van der Waals surface area contributed by atoms with Gasteiger partial charge in [-0.05, 0) is 31.0 Å². The summed E-state index contributed by atoms with van der Waals surface area (Å²) in [6.45, 7) is 2.60. The quantitative estimate of drug-likeness (QED) is 0.692. The number of amides is 1. The van der Waals surface area contributed by atoms with Crippen LogP contribution < -0.4 is 10.1 Å². The van der Waals surface area contributed by atoms with Crippen molar-refractivity contribution in [3.63, 3.8) is 0 Å². The summed E-state index contributed by atoms with van der Waals surface area (Å²) in [5.41, 5.74) is 1.80. The lowest BCUT2D eigenvalue weighted by atomic mass is 9.96. The molecule has 1 atom stereocenters. The van der Waals surface area contributed by atoms with Crippen molar-refractivity contribution < 1.29 is 14.5 Å². The number of fused-ring (bicyclic) bond motifs is 1. The van der Waals surface area contributed by atoms with E-state index >= 15 is 0 Å². The van der Waals surface area contributed by atoms with Crippen LogP contribution in [0.5, 0.6) is 5.75 Å². The van der Waals surface area contributed by atoms with E-state index in [0.717, 1.165) is 17.7 Å². The number of hydrogen-bond donors (Lipinski definition) is 1. The Morgan fingerprint density at radius 2 is 2.08 bits per heavy atom. The SMILES string of the molecule is Cc1c(C(=O)NCC2COc3ccccc3C2)cccc1[N+](=O)[O-]. The fourth-order valence-corrected chi connectivity index (χ4v) is 2.92. The van der Waals surface area contributed by atoms with Crippen LogP contribution in [0.2, 0.25) is 0 Å². The number of nitrogens with zero attached hydrogens (tertiary/aromatic N) is 1. The number of hydrogen-bond acceptors (Lipinski definition) is 4. The van der Waals surface area contributed by atoms with Crippen molar-refractivity contribution in [2.24, 2.45) is 5.92 Å². The molecule has 0 aromatic heterocycles. The molecule has 0 bridgehead atoms. The fourth-order valence-electron chi connectivity index (χ4n) is 2.92. The lowest BCUT2D eigenvalue weighted by molar-refractivity contribution is -0.385. The molecule has 6 heteroatoms. The van der Waals surface area contributed by atoms with Gasteiger partial charge in [-0.1, -0.05) is 24.3 Å². The van der Waals surface area contributed by atoms with Gasteiger partial charge >= 0.3 is 0 Å². The zero-order chi connectivity index (χ0) is 17.1. The van der Waals surface area contributed by atoms with E-state index in [1.54, 1.807) is 13.0 Å². The minimum absolute atomic E-state index is 0.0439. The molecule has 0 saturated carbocycles. The highest BCUT2D eigenvalue weighted by Gasteiger charge is 2.22. The second kappa shape index (κ2) is 6.70. The van der Waals surface area contributed by atoms with Crippen molar-refractivity contribution in [1.29, 1.82) is 0 Å². The predicted molar refractivity (Wildman–Crippen MR) is 89.3 cm³/mol. The van der Waals surface area contributed by atoms with Crippen LogP contribution in [-0.2, 0) is 6.42 Å². The first-order valence-corrected chi connectivity index (χ1v) is 7.79. The molecule has 0 spiro atoms. The molecule has 0 aliphatic carbocycles. The van der Waals surface area contributed by atoms with Crippen LogP contribution in [-0.4, -0.2) is 24.0 Å². The summed E-state index contributed by atoms with van der Waals surface area (Å²) in [6.07, 6.45) is 0.838. The summed E-state index contributed by atoms with van der Waals surface area (Å²) in [4.78, 5) is 22.9. The highest BCUT2D eigenvalue weighted by molar-refractivity contribution is 5.96. The second-order valence-corrected chi connectivity index (χ2v) is 5.91. The smallest absolute Gasteiger partial charge is 0.273 e. The van der Waals surface area contributed by atoms with Gasteiger partial charge in [0.15, 0.2) is 0 Å². The van der Waals surface area contributed by atoms with E-state index in [9.17, 15) is 14.9 Å². The maximum absolute atomic E-state index is 12.4. The van der Waals surface area contributed by atoms with Gasteiger partial charge in [0.1, 0.15) is 5.75 Å². The number of nitro benzene ring substituents is 1. The average molecular weight is 326 g/mol.